The van der Waals surface area contributed by atoms with Crippen molar-refractivity contribution in [1.29, 1.82) is 0 Å². The minimum absolute atomic E-state index is 0.541. The first kappa shape index (κ1) is 10.5. The van der Waals surface area contributed by atoms with Gasteiger partial charge in [0.05, 0.1) is 6.61 Å². The van der Waals surface area contributed by atoms with Crippen LogP contribution in [0.5, 0.6) is 5.75 Å². The number of aryl methyl sites for hydroxylation is 1. The van der Waals surface area contributed by atoms with Crippen molar-refractivity contribution < 1.29 is 4.74 Å². The Hall–Kier alpha value is -0.980. The first-order chi connectivity index (χ1) is 7.16. The third-order valence-corrected chi connectivity index (χ3v) is 2.96. The summed E-state index contributed by atoms with van der Waals surface area (Å²) >= 11 is 0. The second-order valence-electron chi connectivity index (χ2n) is 4.95. The molecule has 0 N–H and O–H groups in total. The SMILES string of the molecule is Cc1ccc(C(C)C)c(OCC2CC2)c1. The van der Waals surface area contributed by atoms with E-state index in [0.29, 0.717) is 5.92 Å². The van der Waals surface area contributed by atoms with Crippen molar-refractivity contribution in [3.05, 3.63) is 29.3 Å². The molecule has 1 saturated carbocycles. The van der Waals surface area contributed by atoms with Crippen molar-refractivity contribution >= 4 is 0 Å². The van der Waals surface area contributed by atoms with E-state index < -0.39 is 0 Å². The van der Waals surface area contributed by atoms with Gasteiger partial charge in [-0.05, 0) is 48.8 Å². The molecule has 1 nitrogen and oxygen atoms in total. The molecule has 0 atom stereocenters. The summed E-state index contributed by atoms with van der Waals surface area (Å²) in [6.45, 7) is 7.46. The van der Waals surface area contributed by atoms with Crippen molar-refractivity contribution in [2.75, 3.05) is 6.61 Å². The highest BCUT2D eigenvalue weighted by atomic mass is 16.5. The Balaban J connectivity index is 2.13. The summed E-state index contributed by atoms with van der Waals surface area (Å²) in [5.41, 5.74) is 2.62. The third-order valence-electron chi connectivity index (χ3n) is 2.96. The fraction of sp³-hybridized carbons (Fsp3) is 0.571. The van der Waals surface area contributed by atoms with E-state index in [-0.39, 0.29) is 0 Å². The summed E-state index contributed by atoms with van der Waals surface area (Å²) in [7, 11) is 0. The molecule has 1 heteroatoms. The number of rotatable bonds is 4. The van der Waals surface area contributed by atoms with Gasteiger partial charge in [0.15, 0.2) is 0 Å². The highest BCUT2D eigenvalue weighted by Crippen LogP contribution is 2.32. The monoisotopic (exact) mass is 204 g/mol. The van der Waals surface area contributed by atoms with Crippen LogP contribution in [0.3, 0.4) is 0 Å². The van der Waals surface area contributed by atoms with Gasteiger partial charge >= 0.3 is 0 Å². The van der Waals surface area contributed by atoms with Crippen molar-refractivity contribution in [3.8, 4) is 5.75 Å². The zero-order valence-corrected chi connectivity index (χ0v) is 9.92. The lowest BCUT2D eigenvalue weighted by atomic mass is 10.0. The molecule has 1 aliphatic carbocycles. The minimum atomic E-state index is 0.541. The van der Waals surface area contributed by atoms with Crippen LogP contribution in [-0.4, -0.2) is 6.61 Å². The van der Waals surface area contributed by atoms with Gasteiger partial charge in [-0.1, -0.05) is 26.0 Å². The number of ether oxygens (including phenoxy) is 1. The molecule has 0 unspecified atom stereocenters. The molecule has 0 bridgehead atoms. The average Bonchev–Trinajstić information content (AvgIpc) is 2.97. The van der Waals surface area contributed by atoms with Crippen molar-refractivity contribution in [1.82, 2.24) is 0 Å². The van der Waals surface area contributed by atoms with Crippen molar-refractivity contribution in [2.45, 2.75) is 39.5 Å². The van der Waals surface area contributed by atoms with Gasteiger partial charge in [0, 0.05) is 0 Å². The first-order valence-electron chi connectivity index (χ1n) is 5.90. The Morgan fingerprint density at radius 2 is 2.07 bits per heavy atom. The molecule has 15 heavy (non-hydrogen) atoms. The van der Waals surface area contributed by atoms with Gasteiger partial charge in [-0.15, -0.1) is 0 Å². The Labute approximate surface area is 92.5 Å². The molecule has 0 heterocycles. The van der Waals surface area contributed by atoms with Gasteiger partial charge in [-0.25, -0.2) is 0 Å². The van der Waals surface area contributed by atoms with Gasteiger partial charge in [-0.2, -0.15) is 0 Å². The number of hydrogen-bond acceptors (Lipinski definition) is 1. The van der Waals surface area contributed by atoms with Gasteiger partial charge < -0.3 is 4.74 Å². The molecule has 0 spiro atoms. The molecule has 0 aliphatic heterocycles. The topological polar surface area (TPSA) is 9.23 Å². The molecule has 0 amide bonds. The molecule has 2 rings (SSSR count). The van der Waals surface area contributed by atoms with Crippen LogP contribution in [0.1, 0.15) is 43.7 Å². The predicted octanol–water partition coefficient (Wildman–Crippen LogP) is 3.91. The zero-order valence-electron chi connectivity index (χ0n) is 9.92. The van der Waals surface area contributed by atoms with Crippen LogP contribution in [0.4, 0.5) is 0 Å². The predicted molar refractivity (Wildman–Crippen MR) is 63.5 cm³/mol. The Kier molecular flexibility index (Phi) is 2.99. The van der Waals surface area contributed by atoms with E-state index in [1.54, 1.807) is 0 Å². The molecule has 82 valence electrons. The Bertz CT molecular complexity index is 337. The van der Waals surface area contributed by atoms with E-state index in [9.17, 15) is 0 Å². The van der Waals surface area contributed by atoms with Crippen molar-refractivity contribution in [2.24, 2.45) is 5.92 Å². The molecule has 0 radical (unpaired) electrons. The van der Waals surface area contributed by atoms with Gasteiger partial charge in [0.1, 0.15) is 5.75 Å². The maximum Gasteiger partial charge on any atom is 0.123 e. The standard InChI is InChI=1S/C14H20O/c1-10(2)13-7-4-11(3)8-14(13)15-9-12-5-6-12/h4,7-8,10,12H,5-6,9H2,1-3H3. The molecule has 1 aromatic rings. The smallest absolute Gasteiger partial charge is 0.123 e. The molecule has 1 aliphatic rings. The fourth-order valence-corrected chi connectivity index (χ4v) is 1.74. The highest BCUT2D eigenvalue weighted by Gasteiger charge is 2.22. The van der Waals surface area contributed by atoms with E-state index in [0.717, 1.165) is 18.3 Å². The van der Waals surface area contributed by atoms with Crippen LogP contribution in [0.25, 0.3) is 0 Å². The molecule has 1 fully saturated rings. The number of hydrogen-bond donors (Lipinski definition) is 0. The summed E-state index contributed by atoms with van der Waals surface area (Å²) in [5, 5.41) is 0. The quantitative estimate of drug-likeness (QED) is 0.722. The molecule has 1 aromatic carbocycles. The average molecular weight is 204 g/mol. The van der Waals surface area contributed by atoms with Crippen LogP contribution in [0.15, 0.2) is 18.2 Å². The highest BCUT2D eigenvalue weighted by molar-refractivity contribution is 5.39. The van der Waals surface area contributed by atoms with E-state index in [1.807, 2.05) is 0 Å². The van der Waals surface area contributed by atoms with Crippen LogP contribution in [0, 0.1) is 12.8 Å². The van der Waals surface area contributed by atoms with E-state index in [2.05, 4.69) is 39.0 Å². The summed E-state index contributed by atoms with van der Waals surface area (Å²) in [6.07, 6.45) is 2.70. The van der Waals surface area contributed by atoms with E-state index >= 15 is 0 Å². The Morgan fingerprint density at radius 3 is 2.67 bits per heavy atom. The summed E-state index contributed by atoms with van der Waals surface area (Å²) in [6, 6.07) is 6.53. The molecular formula is C14H20O. The second-order valence-corrected chi connectivity index (χ2v) is 4.95. The van der Waals surface area contributed by atoms with Crippen LogP contribution >= 0.6 is 0 Å². The summed E-state index contributed by atoms with van der Waals surface area (Å²) < 4.78 is 5.90. The molecular weight excluding hydrogens is 184 g/mol. The lowest BCUT2D eigenvalue weighted by molar-refractivity contribution is 0.295. The fourth-order valence-electron chi connectivity index (χ4n) is 1.74. The summed E-state index contributed by atoms with van der Waals surface area (Å²) in [5.74, 6) is 2.46. The van der Waals surface area contributed by atoms with Crippen LogP contribution in [-0.2, 0) is 0 Å². The van der Waals surface area contributed by atoms with E-state index in [1.165, 1.54) is 24.0 Å². The molecule has 0 aromatic heterocycles. The Morgan fingerprint density at radius 1 is 1.33 bits per heavy atom. The zero-order chi connectivity index (χ0) is 10.8. The largest absolute Gasteiger partial charge is 0.493 e. The first-order valence-corrected chi connectivity index (χ1v) is 5.90. The van der Waals surface area contributed by atoms with Gasteiger partial charge in [-0.3, -0.25) is 0 Å². The number of benzene rings is 1. The van der Waals surface area contributed by atoms with Crippen molar-refractivity contribution in [3.63, 3.8) is 0 Å². The summed E-state index contributed by atoms with van der Waals surface area (Å²) in [4.78, 5) is 0. The van der Waals surface area contributed by atoms with Gasteiger partial charge in [0.2, 0.25) is 0 Å². The maximum atomic E-state index is 5.90. The third kappa shape index (κ3) is 2.74. The lowest BCUT2D eigenvalue weighted by Gasteiger charge is -2.14. The normalized spacial score (nSPS) is 15.7. The van der Waals surface area contributed by atoms with Crippen LogP contribution < -0.4 is 4.74 Å². The maximum absolute atomic E-state index is 5.90. The van der Waals surface area contributed by atoms with E-state index in [4.69, 9.17) is 4.74 Å². The second kappa shape index (κ2) is 4.26. The van der Waals surface area contributed by atoms with Crippen LogP contribution in [0.2, 0.25) is 0 Å². The minimum Gasteiger partial charge on any atom is -0.493 e. The lowest BCUT2D eigenvalue weighted by Crippen LogP contribution is -2.03. The van der Waals surface area contributed by atoms with Gasteiger partial charge in [0.25, 0.3) is 0 Å². The molecule has 0 saturated heterocycles.